The fourth-order valence-corrected chi connectivity index (χ4v) is 1.08. The van der Waals surface area contributed by atoms with E-state index in [-0.39, 0.29) is 11.9 Å². The molecule has 94 valence electrons. The molecule has 0 aromatic carbocycles. The lowest BCUT2D eigenvalue weighted by atomic mass is 10.2. The van der Waals surface area contributed by atoms with Crippen LogP contribution >= 0.6 is 0 Å². The maximum absolute atomic E-state index is 11.4. The predicted molar refractivity (Wildman–Crippen MR) is 62.9 cm³/mol. The van der Waals surface area contributed by atoms with Crippen molar-refractivity contribution < 1.29 is 14.3 Å². The minimum atomic E-state index is -0.553. The fraction of sp³-hybridized carbons (Fsp3) is 0.833. The summed E-state index contributed by atoms with van der Waals surface area (Å²) in [6, 6.07) is -0.553. The van der Waals surface area contributed by atoms with Gasteiger partial charge in [-0.15, -0.1) is 0 Å². The van der Waals surface area contributed by atoms with Gasteiger partial charge >= 0.3 is 5.97 Å². The van der Waals surface area contributed by atoms with Crippen molar-refractivity contribution in [3.05, 3.63) is 0 Å². The number of esters is 1. The van der Waals surface area contributed by atoms with Crippen molar-refractivity contribution in [3.8, 4) is 0 Å². The highest BCUT2D eigenvalue weighted by atomic mass is 16.5. The number of carbonyl (C=O) groups excluding carboxylic acids is 2. The van der Waals surface area contributed by atoms with Crippen LogP contribution in [-0.4, -0.2) is 24.5 Å². The average Bonchev–Trinajstić information content (AvgIpc) is 2.22. The van der Waals surface area contributed by atoms with Crippen LogP contribution in [0.4, 0.5) is 0 Å². The molecule has 1 atom stereocenters. The summed E-state index contributed by atoms with van der Waals surface area (Å²) in [5, 5.41) is 2.62. The van der Waals surface area contributed by atoms with Crippen molar-refractivity contribution >= 4 is 11.9 Å². The van der Waals surface area contributed by atoms with Gasteiger partial charge in [-0.05, 0) is 19.3 Å². The van der Waals surface area contributed by atoms with Gasteiger partial charge in [0.25, 0.3) is 0 Å². The quantitative estimate of drug-likeness (QED) is 0.678. The molecule has 0 heterocycles. The van der Waals surface area contributed by atoms with Crippen molar-refractivity contribution in [2.45, 2.75) is 53.0 Å². The second-order valence-corrected chi connectivity index (χ2v) is 4.42. The maximum Gasteiger partial charge on any atom is 0.328 e. The van der Waals surface area contributed by atoms with Crippen molar-refractivity contribution in [1.29, 1.82) is 0 Å². The van der Waals surface area contributed by atoms with E-state index in [2.05, 4.69) is 5.32 Å². The van der Waals surface area contributed by atoms with Crippen molar-refractivity contribution in [2.75, 3.05) is 6.61 Å². The van der Waals surface area contributed by atoms with Gasteiger partial charge in [0.1, 0.15) is 6.04 Å². The molecular weight excluding hydrogens is 206 g/mol. The van der Waals surface area contributed by atoms with Crippen LogP contribution in [0.15, 0.2) is 0 Å². The number of carbonyl (C=O) groups is 2. The first-order chi connectivity index (χ1) is 7.47. The lowest BCUT2D eigenvalue weighted by molar-refractivity contribution is -0.148. The Balaban J connectivity index is 3.81. The lowest BCUT2D eigenvalue weighted by Gasteiger charge is -2.14. The summed E-state index contributed by atoms with van der Waals surface area (Å²) < 4.78 is 5.02. The topological polar surface area (TPSA) is 55.4 Å². The van der Waals surface area contributed by atoms with Crippen molar-refractivity contribution in [3.63, 3.8) is 0 Å². The van der Waals surface area contributed by atoms with Crippen molar-refractivity contribution in [2.24, 2.45) is 5.92 Å². The van der Waals surface area contributed by atoms with E-state index in [0.29, 0.717) is 18.9 Å². The van der Waals surface area contributed by atoms with Crippen LogP contribution in [-0.2, 0) is 14.3 Å². The van der Waals surface area contributed by atoms with Crippen LogP contribution in [0.25, 0.3) is 0 Å². The first kappa shape index (κ1) is 14.9. The molecule has 0 unspecified atom stereocenters. The molecular formula is C12H23NO3. The van der Waals surface area contributed by atoms with Crippen LogP contribution < -0.4 is 5.32 Å². The van der Waals surface area contributed by atoms with Gasteiger partial charge in [0, 0.05) is 6.42 Å². The molecule has 0 bridgehead atoms. The summed E-state index contributed by atoms with van der Waals surface area (Å²) in [6.45, 7) is 8.00. The molecule has 1 N–H and O–H groups in total. The Bertz CT molecular complexity index is 226. The summed E-state index contributed by atoms with van der Waals surface area (Å²) in [5.74, 6) is -0.138. The molecule has 0 radical (unpaired) electrons. The van der Waals surface area contributed by atoms with Gasteiger partial charge in [-0.1, -0.05) is 27.2 Å². The molecule has 4 nitrogen and oxygen atoms in total. The summed E-state index contributed by atoms with van der Waals surface area (Å²) in [7, 11) is 0. The van der Waals surface area contributed by atoms with Crippen LogP contribution in [0.5, 0.6) is 0 Å². The number of nitrogens with one attached hydrogen (secondary N) is 1. The maximum atomic E-state index is 11.4. The first-order valence-electron chi connectivity index (χ1n) is 5.93. The summed E-state index contributed by atoms with van der Waals surface area (Å²) in [5.41, 5.74) is 0. The third-order valence-electron chi connectivity index (χ3n) is 2.05. The van der Waals surface area contributed by atoms with Gasteiger partial charge in [0.05, 0.1) is 6.61 Å². The zero-order valence-corrected chi connectivity index (χ0v) is 10.7. The molecule has 0 saturated carbocycles. The Labute approximate surface area is 97.7 Å². The van der Waals surface area contributed by atoms with E-state index >= 15 is 0 Å². The van der Waals surface area contributed by atoms with Crippen LogP contribution in [0.3, 0.4) is 0 Å². The van der Waals surface area contributed by atoms with Gasteiger partial charge < -0.3 is 10.1 Å². The molecule has 4 heteroatoms. The third-order valence-corrected chi connectivity index (χ3v) is 2.05. The minimum absolute atomic E-state index is 0.0872. The van der Waals surface area contributed by atoms with Crippen LogP contribution in [0, 0.1) is 5.92 Å². The second-order valence-electron chi connectivity index (χ2n) is 4.42. The van der Waals surface area contributed by atoms with Crippen LogP contribution in [0.1, 0.15) is 47.0 Å². The number of ether oxygens (including phenoxy) is 1. The fourth-order valence-electron chi connectivity index (χ4n) is 1.08. The lowest BCUT2D eigenvalue weighted by Crippen LogP contribution is -2.39. The van der Waals surface area contributed by atoms with E-state index in [9.17, 15) is 9.59 Å². The van der Waals surface area contributed by atoms with Gasteiger partial charge in [0.2, 0.25) is 5.91 Å². The Morgan fingerprint density at radius 1 is 1.25 bits per heavy atom. The third kappa shape index (κ3) is 7.26. The van der Waals surface area contributed by atoms with E-state index in [4.69, 9.17) is 4.74 Å². The molecule has 0 aliphatic heterocycles. The van der Waals surface area contributed by atoms with Crippen LogP contribution in [0.2, 0.25) is 0 Å². The molecule has 0 spiro atoms. The molecule has 16 heavy (non-hydrogen) atoms. The SMILES string of the molecule is CCCCC(=O)N[C@@H](C)C(=O)OCC(C)C. The number of hydrogen-bond acceptors (Lipinski definition) is 3. The number of hydrogen-bond donors (Lipinski definition) is 1. The number of rotatable bonds is 7. The molecule has 0 aliphatic rings. The van der Waals surface area contributed by atoms with E-state index in [1.54, 1.807) is 6.92 Å². The molecule has 0 saturated heterocycles. The van der Waals surface area contributed by atoms with E-state index in [1.807, 2.05) is 20.8 Å². The zero-order chi connectivity index (χ0) is 12.6. The summed E-state index contributed by atoms with van der Waals surface area (Å²) in [6.07, 6.45) is 2.29. The average molecular weight is 229 g/mol. The smallest absolute Gasteiger partial charge is 0.328 e. The highest BCUT2D eigenvalue weighted by Crippen LogP contribution is 1.98. The van der Waals surface area contributed by atoms with Gasteiger partial charge in [-0.2, -0.15) is 0 Å². The molecule has 0 aromatic heterocycles. The molecule has 0 aliphatic carbocycles. The summed E-state index contributed by atoms with van der Waals surface area (Å²) in [4.78, 5) is 22.8. The Morgan fingerprint density at radius 3 is 2.38 bits per heavy atom. The van der Waals surface area contributed by atoms with Gasteiger partial charge in [0.15, 0.2) is 0 Å². The van der Waals surface area contributed by atoms with Gasteiger partial charge in [-0.3, -0.25) is 4.79 Å². The molecule has 0 aromatic rings. The van der Waals surface area contributed by atoms with E-state index in [1.165, 1.54) is 0 Å². The molecule has 0 fully saturated rings. The number of unbranched alkanes of at least 4 members (excludes halogenated alkanes) is 1. The zero-order valence-electron chi connectivity index (χ0n) is 10.7. The highest BCUT2D eigenvalue weighted by molar-refractivity contribution is 5.84. The normalized spacial score (nSPS) is 12.3. The summed E-state index contributed by atoms with van der Waals surface area (Å²) >= 11 is 0. The largest absolute Gasteiger partial charge is 0.464 e. The molecule has 0 rings (SSSR count). The molecule has 1 amide bonds. The minimum Gasteiger partial charge on any atom is -0.464 e. The monoisotopic (exact) mass is 229 g/mol. The Kier molecular flexibility index (Phi) is 7.60. The Hall–Kier alpha value is -1.06. The van der Waals surface area contributed by atoms with E-state index in [0.717, 1.165) is 12.8 Å². The number of amides is 1. The predicted octanol–water partition coefficient (Wildman–Crippen LogP) is 1.88. The Morgan fingerprint density at radius 2 is 1.88 bits per heavy atom. The second kappa shape index (κ2) is 8.13. The van der Waals surface area contributed by atoms with E-state index < -0.39 is 6.04 Å². The van der Waals surface area contributed by atoms with Crippen molar-refractivity contribution in [1.82, 2.24) is 5.32 Å². The highest BCUT2D eigenvalue weighted by Gasteiger charge is 2.16. The first-order valence-corrected chi connectivity index (χ1v) is 5.93. The standard InChI is InChI=1S/C12H23NO3/c1-5-6-7-11(14)13-10(4)12(15)16-8-9(2)3/h9-10H,5-8H2,1-4H3,(H,13,14)/t10-/m0/s1. The van der Waals surface area contributed by atoms with Gasteiger partial charge in [-0.25, -0.2) is 4.79 Å².